The molecule has 0 saturated heterocycles. The summed E-state index contributed by atoms with van der Waals surface area (Å²) in [6, 6.07) is 8.27. The molecule has 1 unspecified atom stereocenters. The lowest BCUT2D eigenvalue weighted by molar-refractivity contribution is -0.147. The van der Waals surface area contributed by atoms with Crippen LogP contribution >= 0.6 is 0 Å². The van der Waals surface area contributed by atoms with Crippen molar-refractivity contribution in [3.63, 3.8) is 0 Å². The fourth-order valence-corrected chi connectivity index (χ4v) is 1.31. The Labute approximate surface area is 127 Å². The van der Waals surface area contributed by atoms with E-state index in [-0.39, 0.29) is 13.0 Å². The summed E-state index contributed by atoms with van der Waals surface area (Å²) in [6.45, 7) is -0.199. The minimum atomic E-state index is -1.42. The summed E-state index contributed by atoms with van der Waals surface area (Å²) in [5.41, 5.74) is 0. The third-order valence-electron chi connectivity index (χ3n) is 2.43. The quantitative estimate of drug-likeness (QED) is 0.447. The number of aliphatic hydroxyl groups is 1. The highest BCUT2D eigenvalue weighted by molar-refractivity contribution is 5.91. The Morgan fingerprint density at radius 3 is 2.41 bits per heavy atom. The molecule has 1 aromatic rings. The summed E-state index contributed by atoms with van der Waals surface area (Å²) in [5.74, 6) is -2.01. The van der Waals surface area contributed by atoms with E-state index in [0.29, 0.717) is 5.75 Å². The monoisotopic (exact) mass is 308 g/mol. The second-order valence-corrected chi connectivity index (χ2v) is 4.06. The van der Waals surface area contributed by atoms with Gasteiger partial charge in [0.1, 0.15) is 5.75 Å². The fraction of sp³-hybridized carbons (Fsp3) is 0.267. The molecule has 0 aliphatic heterocycles. The highest BCUT2D eigenvalue weighted by atomic mass is 16.6. The zero-order valence-electron chi connectivity index (χ0n) is 11.9. The van der Waals surface area contributed by atoms with Crippen molar-refractivity contribution in [2.75, 3.05) is 13.7 Å². The van der Waals surface area contributed by atoms with Gasteiger partial charge in [0, 0.05) is 18.6 Å². The molecular formula is C15H16O7. The topological polar surface area (TPSA) is 99.1 Å². The van der Waals surface area contributed by atoms with Crippen LogP contribution in [-0.2, 0) is 23.9 Å². The number of hydrogen-bond donors (Lipinski definition) is 1. The molecule has 0 aliphatic carbocycles. The van der Waals surface area contributed by atoms with Gasteiger partial charge in [-0.1, -0.05) is 18.2 Å². The number of para-hydroxylation sites is 1. The van der Waals surface area contributed by atoms with E-state index < -0.39 is 24.0 Å². The van der Waals surface area contributed by atoms with Gasteiger partial charge >= 0.3 is 17.9 Å². The maximum atomic E-state index is 11.6. The zero-order valence-corrected chi connectivity index (χ0v) is 11.9. The number of aliphatic hydroxyl groups excluding tert-OH is 1. The van der Waals surface area contributed by atoms with Crippen molar-refractivity contribution in [3.8, 4) is 5.75 Å². The molecule has 0 radical (unpaired) electrons. The van der Waals surface area contributed by atoms with Gasteiger partial charge in [-0.25, -0.2) is 14.4 Å². The minimum absolute atomic E-state index is 0.122. The standard InChI is InChI=1S/C15H16O7/c1-20-13(17)7-8-14(18)21-10-9-12(16)15(19)22-11-5-3-2-4-6-11/h2-8,12,16H,9-10H2,1H3. The highest BCUT2D eigenvalue weighted by Crippen LogP contribution is 2.10. The predicted molar refractivity (Wildman–Crippen MR) is 74.8 cm³/mol. The van der Waals surface area contributed by atoms with Gasteiger partial charge < -0.3 is 19.3 Å². The molecule has 1 atom stereocenters. The van der Waals surface area contributed by atoms with Crippen LogP contribution in [0.15, 0.2) is 42.5 Å². The molecule has 1 aromatic carbocycles. The van der Waals surface area contributed by atoms with E-state index in [1.807, 2.05) is 0 Å². The van der Waals surface area contributed by atoms with Crippen molar-refractivity contribution >= 4 is 17.9 Å². The molecular weight excluding hydrogens is 292 g/mol. The van der Waals surface area contributed by atoms with Crippen LogP contribution in [0.4, 0.5) is 0 Å². The number of rotatable bonds is 7. The molecule has 7 nitrogen and oxygen atoms in total. The summed E-state index contributed by atoms with van der Waals surface area (Å²) in [6.07, 6.45) is 0.254. The van der Waals surface area contributed by atoms with Gasteiger partial charge in [-0.2, -0.15) is 0 Å². The Kier molecular flexibility index (Phi) is 7.35. The second kappa shape index (κ2) is 9.30. The van der Waals surface area contributed by atoms with E-state index in [4.69, 9.17) is 9.47 Å². The van der Waals surface area contributed by atoms with E-state index in [2.05, 4.69) is 4.74 Å². The first kappa shape index (κ1) is 17.4. The second-order valence-electron chi connectivity index (χ2n) is 4.06. The van der Waals surface area contributed by atoms with E-state index in [1.54, 1.807) is 30.3 Å². The van der Waals surface area contributed by atoms with Crippen molar-refractivity contribution in [2.45, 2.75) is 12.5 Å². The number of carbonyl (C=O) groups is 3. The lowest BCUT2D eigenvalue weighted by atomic mass is 10.2. The first-order chi connectivity index (χ1) is 10.5. The maximum Gasteiger partial charge on any atom is 0.340 e. The number of esters is 3. The van der Waals surface area contributed by atoms with Gasteiger partial charge in [-0.15, -0.1) is 0 Å². The molecule has 0 aliphatic rings. The van der Waals surface area contributed by atoms with Gasteiger partial charge in [-0.05, 0) is 12.1 Å². The molecule has 1 rings (SSSR count). The molecule has 22 heavy (non-hydrogen) atoms. The van der Waals surface area contributed by atoms with Crippen LogP contribution in [0.1, 0.15) is 6.42 Å². The molecule has 0 heterocycles. The molecule has 0 fully saturated rings. The van der Waals surface area contributed by atoms with Crippen LogP contribution in [0.2, 0.25) is 0 Å². The normalized spacial score (nSPS) is 11.7. The van der Waals surface area contributed by atoms with Crippen molar-refractivity contribution in [2.24, 2.45) is 0 Å². The average Bonchev–Trinajstić information content (AvgIpc) is 2.53. The third-order valence-corrected chi connectivity index (χ3v) is 2.43. The summed E-state index contributed by atoms with van der Waals surface area (Å²) >= 11 is 0. The zero-order chi connectivity index (χ0) is 16.4. The molecule has 1 N–H and O–H groups in total. The van der Waals surface area contributed by atoms with Crippen LogP contribution in [-0.4, -0.2) is 42.8 Å². The fourth-order valence-electron chi connectivity index (χ4n) is 1.31. The lowest BCUT2D eigenvalue weighted by Gasteiger charge is -2.10. The van der Waals surface area contributed by atoms with E-state index in [9.17, 15) is 19.5 Å². The average molecular weight is 308 g/mol. The van der Waals surface area contributed by atoms with Gasteiger partial charge in [0.2, 0.25) is 0 Å². The van der Waals surface area contributed by atoms with E-state index in [1.165, 1.54) is 7.11 Å². The largest absolute Gasteiger partial charge is 0.466 e. The predicted octanol–water partition coefficient (Wildman–Crippen LogP) is 0.615. The van der Waals surface area contributed by atoms with Crippen LogP contribution in [0, 0.1) is 0 Å². The Hall–Kier alpha value is -2.67. The van der Waals surface area contributed by atoms with Gasteiger partial charge in [0.25, 0.3) is 0 Å². The summed E-state index contributed by atoms with van der Waals surface area (Å²) in [4.78, 5) is 33.5. The van der Waals surface area contributed by atoms with Gasteiger partial charge in [0.15, 0.2) is 6.10 Å². The van der Waals surface area contributed by atoms with E-state index in [0.717, 1.165) is 12.2 Å². The Balaban J connectivity index is 2.29. The van der Waals surface area contributed by atoms with Crippen LogP contribution < -0.4 is 4.74 Å². The molecule has 0 spiro atoms. The number of methoxy groups -OCH3 is 1. The third kappa shape index (κ3) is 6.67. The summed E-state index contributed by atoms with van der Waals surface area (Å²) in [7, 11) is 1.17. The van der Waals surface area contributed by atoms with Crippen LogP contribution in [0.3, 0.4) is 0 Å². The maximum absolute atomic E-state index is 11.6. The first-order valence-corrected chi connectivity index (χ1v) is 6.40. The molecule has 0 bridgehead atoms. The summed E-state index contributed by atoms with van der Waals surface area (Å²) in [5, 5.41) is 9.59. The SMILES string of the molecule is COC(=O)C=CC(=O)OCCC(O)C(=O)Oc1ccccc1. The van der Waals surface area contributed by atoms with Crippen LogP contribution in [0.5, 0.6) is 5.75 Å². The Morgan fingerprint density at radius 2 is 1.77 bits per heavy atom. The first-order valence-electron chi connectivity index (χ1n) is 6.40. The minimum Gasteiger partial charge on any atom is -0.466 e. The van der Waals surface area contributed by atoms with Gasteiger partial charge in [-0.3, -0.25) is 0 Å². The number of ether oxygens (including phenoxy) is 3. The highest BCUT2D eigenvalue weighted by Gasteiger charge is 2.17. The Morgan fingerprint density at radius 1 is 1.14 bits per heavy atom. The van der Waals surface area contributed by atoms with Crippen LogP contribution in [0.25, 0.3) is 0 Å². The van der Waals surface area contributed by atoms with Crippen molar-refractivity contribution in [1.29, 1.82) is 0 Å². The van der Waals surface area contributed by atoms with Crippen molar-refractivity contribution < 1.29 is 33.7 Å². The summed E-state index contributed by atoms with van der Waals surface area (Å²) < 4.78 is 13.9. The molecule has 0 amide bonds. The lowest BCUT2D eigenvalue weighted by Crippen LogP contribution is -2.27. The molecule has 7 heteroatoms. The number of benzene rings is 1. The van der Waals surface area contributed by atoms with E-state index >= 15 is 0 Å². The smallest absolute Gasteiger partial charge is 0.340 e. The molecule has 0 aromatic heterocycles. The molecule has 0 saturated carbocycles. The van der Waals surface area contributed by atoms with Gasteiger partial charge in [0.05, 0.1) is 13.7 Å². The number of hydrogen-bond acceptors (Lipinski definition) is 7. The van der Waals surface area contributed by atoms with Crippen molar-refractivity contribution in [1.82, 2.24) is 0 Å². The van der Waals surface area contributed by atoms with Crippen molar-refractivity contribution in [3.05, 3.63) is 42.5 Å². The Bertz CT molecular complexity index is 536. The molecule has 118 valence electrons. The number of carbonyl (C=O) groups excluding carboxylic acids is 3.